The van der Waals surface area contributed by atoms with Crippen LogP contribution in [0.5, 0.6) is 0 Å². The van der Waals surface area contributed by atoms with Crippen LogP contribution in [0.1, 0.15) is 12.7 Å². The number of hydrogen-bond donors (Lipinski definition) is 0. The lowest BCUT2D eigenvalue weighted by atomic mass is 9.84. The number of hydrogen-bond acceptors (Lipinski definition) is 1. The summed E-state index contributed by atoms with van der Waals surface area (Å²) in [6.45, 7) is 2.18. The van der Waals surface area contributed by atoms with E-state index in [2.05, 4.69) is 187 Å². The van der Waals surface area contributed by atoms with E-state index in [9.17, 15) is 0 Å². The Bertz CT molecular complexity index is 3080. The zero-order valence-corrected chi connectivity index (χ0v) is 29.3. The molecular weight excluding hydrogens is 641 g/mol. The highest BCUT2D eigenvalue weighted by Crippen LogP contribution is 2.51. The van der Waals surface area contributed by atoms with Gasteiger partial charge in [-0.25, -0.2) is 4.98 Å². The Kier molecular flexibility index (Phi) is 6.56. The van der Waals surface area contributed by atoms with Gasteiger partial charge in [0.15, 0.2) is 0 Å². The summed E-state index contributed by atoms with van der Waals surface area (Å²) >= 11 is 0. The molecule has 11 rings (SSSR count). The molecule has 0 bridgehead atoms. The normalized spacial score (nSPS) is 11.9. The van der Waals surface area contributed by atoms with Crippen molar-refractivity contribution in [3.8, 4) is 61.3 Å². The molecule has 1 aliphatic rings. The summed E-state index contributed by atoms with van der Waals surface area (Å²) in [5.74, 6) is 1.07. The Morgan fingerprint density at radius 1 is 0.434 bits per heavy atom. The van der Waals surface area contributed by atoms with Crippen molar-refractivity contribution in [2.24, 2.45) is 0 Å². The van der Waals surface area contributed by atoms with E-state index in [1.807, 2.05) is 0 Å². The summed E-state index contributed by atoms with van der Waals surface area (Å²) in [5.41, 5.74) is 16.0. The van der Waals surface area contributed by atoms with Crippen molar-refractivity contribution >= 4 is 43.4 Å². The molecule has 1 aromatic heterocycles. The summed E-state index contributed by atoms with van der Waals surface area (Å²) in [7, 11) is 0. The van der Waals surface area contributed by atoms with Gasteiger partial charge < -0.3 is 0 Å². The molecule has 10 aromatic rings. The van der Waals surface area contributed by atoms with Crippen LogP contribution < -0.4 is 0 Å². The van der Waals surface area contributed by atoms with Crippen molar-refractivity contribution in [1.82, 2.24) is 9.55 Å². The lowest BCUT2D eigenvalue weighted by Crippen LogP contribution is -2.00. The molecule has 53 heavy (non-hydrogen) atoms. The fourth-order valence-electron chi connectivity index (χ4n) is 8.95. The Morgan fingerprint density at radius 3 is 1.87 bits per heavy atom. The first-order chi connectivity index (χ1) is 26.2. The van der Waals surface area contributed by atoms with Gasteiger partial charge in [0.25, 0.3) is 0 Å². The number of imidazole rings is 1. The third kappa shape index (κ3) is 4.49. The van der Waals surface area contributed by atoms with Crippen molar-refractivity contribution in [2.45, 2.75) is 13.3 Å². The van der Waals surface area contributed by atoms with Gasteiger partial charge in [-0.3, -0.25) is 4.57 Å². The SMILES string of the molecule is CCc1nc2ccccc2n1-c1ccc(-c2c3ccccc3c(-c3cc4c5c(cccc5c3)-c3ccccc3-4)c3cc(-c4ccccc4)ccc23)cc1. The molecule has 248 valence electrons. The summed E-state index contributed by atoms with van der Waals surface area (Å²) in [5, 5.41) is 7.65. The standard InChI is InChI=1S/C51H34N2/c1-2-48-52-46-21-10-11-22-47(46)53(48)37-26-23-33(24-27-37)49-41-18-8-9-19-42(41)51(45-30-34(25-28-43(45)49)32-13-4-3-5-14-32)36-29-35-15-12-20-40-38-16-6-7-17-39(38)44(31-36)50(35)40/h3-31H,2H2,1H3. The average Bonchev–Trinajstić information content (AvgIpc) is 3.77. The molecule has 1 aliphatic carbocycles. The maximum absolute atomic E-state index is 4.95. The zero-order chi connectivity index (χ0) is 35.0. The predicted molar refractivity (Wildman–Crippen MR) is 224 cm³/mol. The topological polar surface area (TPSA) is 17.8 Å². The van der Waals surface area contributed by atoms with Gasteiger partial charge in [0, 0.05) is 12.1 Å². The molecule has 0 saturated heterocycles. The van der Waals surface area contributed by atoms with Gasteiger partial charge in [0.1, 0.15) is 5.82 Å². The molecule has 9 aromatic carbocycles. The number of aromatic nitrogens is 2. The van der Waals surface area contributed by atoms with Gasteiger partial charge in [-0.05, 0) is 130 Å². The zero-order valence-electron chi connectivity index (χ0n) is 29.3. The van der Waals surface area contributed by atoms with Crippen molar-refractivity contribution in [3.63, 3.8) is 0 Å². The van der Waals surface area contributed by atoms with Gasteiger partial charge in [-0.1, -0.05) is 140 Å². The van der Waals surface area contributed by atoms with Crippen LogP contribution in [0.4, 0.5) is 0 Å². The van der Waals surface area contributed by atoms with Gasteiger partial charge in [-0.15, -0.1) is 0 Å². The lowest BCUT2D eigenvalue weighted by Gasteiger charge is -2.20. The van der Waals surface area contributed by atoms with E-state index in [-0.39, 0.29) is 0 Å². The third-order valence-electron chi connectivity index (χ3n) is 11.3. The van der Waals surface area contributed by atoms with E-state index >= 15 is 0 Å². The molecule has 0 saturated carbocycles. The van der Waals surface area contributed by atoms with Crippen molar-refractivity contribution < 1.29 is 0 Å². The minimum absolute atomic E-state index is 0.861. The molecule has 0 fully saturated rings. The minimum atomic E-state index is 0.861. The number of fused-ring (bicyclic) bond motifs is 6. The molecule has 2 nitrogen and oxygen atoms in total. The maximum Gasteiger partial charge on any atom is 0.114 e. The lowest BCUT2D eigenvalue weighted by molar-refractivity contribution is 0.908. The van der Waals surface area contributed by atoms with Crippen molar-refractivity contribution in [3.05, 3.63) is 182 Å². The van der Waals surface area contributed by atoms with E-state index in [1.165, 1.54) is 88.0 Å². The van der Waals surface area contributed by atoms with Crippen LogP contribution in [0.25, 0.3) is 105 Å². The largest absolute Gasteiger partial charge is 0.296 e. The molecule has 0 amide bonds. The molecule has 0 N–H and O–H groups in total. The Labute approximate surface area is 308 Å². The van der Waals surface area contributed by atoms with Crippen LogP contribution >= 0.6 is 0 Å². The second-order valence-corrected chi connectivity index (χ2v) is 14.1. The smallest absolute Gasteiger partial charge is 0.114 e. The monoisotopic (exact) mass is 674 g/mol. The molecule has 0 aliphatic heterocycles. The first-order valence-electron chi connectivity index (χ1n) is 18.5. The van der Waals surface area contributed by atoms with E-state index < -0.39 is 0 Å². The molecule has 0 spiro atoms. The van der Waals surface area contributed by atoms with E-state index in [1.54, 1.807) is 0 Å². The quantitative estimate of drug-likeness (QED) is 0.166. The van der Waals surface area contributed by atoms with Crippen molar-refractivity contribution in [1.29, 1.82) is 0 Å². The van der Waals surface area contributed by atoms with Crippen LogP contribution in [0, 0.1) is 0 Å². The number of benzene rings is 9. The second-order valence-electron chi connectivity index (χ2n) is 14.1. The highest BCUT2D eigenvalue weighted by molar-refractivity contribution is 6.24. The first kappa shape index (κ1) is 29.9. The number of aryl methyl sites for hydroxylation is 1. The van der Waals surface area contributed by atoms with Gasteiger partial charge in [0.2, 0.25) is 0 Å². The highest BCUT2D eigenvalue weighted by Gasteiger charge is 2.24. The molecule has 0 radical (unpaired) electrons. The van der Waals surface area contributed by atoms with E-state index in [0.717, 1.165) is 29.0 Å². The minimum Gasteiger partial charge on any atom is -0.296 e. The average molecular weight is 675 g/mol. The van der Waals surface area contributed by atoms with E-state index in [0.29, 0.717) is 0 Å². The van der Waals surface area contributed by atoms with Crippen LogP contribution in [-0.2, 0) is 6.42 Å². The summed E-state index contributed by atoms with van der Waals surface area (Å²) in [4.78, 5) is 4.95. The van der Waals surface area contributed by atoms with Gasteiger partial charge in [-0.2, -0.15) is 0 Å². The fourth-order valence-corrected chi connectivity index (χ4v) is 8.95. The Morgan fingerprint density at radius 2 is 1.08 bits per heavy atom. The molecule has 1 heterocycles. The predicted octanol–water partition coefficient (Wildman–Crippen LogP) is 13.7. The summed E-state index contributed by atoms with van der Waals surface area (Å²) in [6.07, 6.45) is 0.861. The van der Waals surface area contributed by atoms with Crippen LogP contribution in [0.3, 0.4) is 0 Å². The number of rotatable bonds is 5. The molecule has 0 unspecified atom stereocenters. The van der Waals surface area contributed by atoms with Crippen LogP contribution in [0.15, 0.2) is 176 Å². The Hall–Kier alpha value is -6.77. The number of para-hydroxylation sites is 2. The fraction of sp³-hybridized carbons (Fsp3) is 0.0392. The van der Waals surface area contributed by atoms with Crippen LogP contribution in [0.2, 0.25) is 0 Å². The third-order valence-corrected chi connectivity index (χ3v) is 11.3. The summed E-state index contributed by atoms with van der Waals surface area (Å²) in [6, 6.07) is 64.8. The molecule has 0 atom stereocenters. The second kappa shape index (κ2) is 11.6. The van der Waals surface area contributed by atoms with Crippen LogP contribution in [-0.4, -0.2) is 9.55 Å². The molecule has 2 heteroatoms. The Balaban J connectivity index is 1.19. The van der Waals surface area contributed by atoms with E-state index in [4.69, 9.17) is 4.98 Å². The number of nitrogens with zero attached hydrogens (tertiary/aromatic N) is 2. The van der Waals surface area contributed by atoms with Gasteiger partial charge in [0.05, 0.1) is 11.0 Å². The van der Waals surface area contributed by atoms with Crippen molar-refractivity contribution in [2.75, 3.05) is 0 Å². The van der Waals surface area contributed by atoms with Gasteiger partial charge >= 0.3 is 0 Å². The first-order valence-corrected chi connectivity index (χ1v) is 18.5. The summed E-state index contributed by atoms with van der Waals surface area (Å²) < 4.78 is 2.30. The molecular formula is C51H34N2. The maximum atomic E-state index is 4.95. The highest BCUT2D eigenvalue weighted by atomic mass is 15.1.